The smallest absolute Gasteiger partial charge is 0.283 e. The van der Waals surface area contributed by atoms with Gasteiger partial charge in [-0.25, -0.2) is 0 Å². The maximum atomic E-state index is 13.2. The molecule has 0 atom stereocenters. The van der Waals surface area contributed by atoms with E-state index >= 15 is 0 Å². The normalized spacial score (nSPS) is 20.0. The summed E-state index contributed by atoms with van der Waals surface area (Å²) in [7, 11) is 0. The number of aryl methyl sites for hydroxylation is 1. The van der Waals surface area contributed by atoms with E-state index < -0.39 is 0 Å². The summed E-state index contributed by atoms with van der Waals surface area (Å²) in [6, 6.07) is 16.9. The molecule has 2 aromatic carbocycles. The van der Waals surface area contributed by atoms with Gasteiger partial charge in [-0.15, -0.1) is 0 Å². The Bertz CT molecular complexity index is 1520. The highest BCUT2D eigenvalue weighted by Crippen LogP contribution is 2.38. The van der Waals surface area contributed by atoms with E-state index in [2.05, 4.69) is 65.9 Å². The lowest BCUT2D eigenvalue weighted by molar-refractivity contribution is -0.114. The summed E-state index contributed by atoms with van der Waals surface area (Å²) in [5.41, 5.74) is 5.23. The van der Waals surface area contributed by atoms with E-state index in [1.165, 1.54) is 41.8 Å². The van der Waals surface area contributed by atoms with Crippen molar-refractivity contribution in [3.05, 3.63) is 71.1 Å². The molecule has 0 saturated heterocycles. The number of thioether (sulfide) groups is 1. The minimum absolute atomic E-state index is 0.122. The maximum Gasteiger partial charge on any atom is 0.283 e. The summed E-state index contributed by atoms with van der Waals surface area (Å²) < 4.78 is 2.21. The SMILES string of the molecule is C/C(=C1/C(=N)N2N=C(C3CCCCC3)SC2=NC1=O)c1cc(C)n(-c2ccc3ccccc3c2)c1C. The van der Waals surface area contributed by atoms with Gasteiger partial charge in [-0.1, -0.05) is 49.6 Å². The van der Waals surface area contributed by atoms with Crippen molar-refractivity contribution in [2.45, 2.75) is 52.9 Å². The summed E-state index contributed by atoms with van der Waals surface area (Å²) in [6.45, 7) is 6.06. The molecule has 2 aliphatic heterocycles. The van der Waals surface area contributed by atoms with Crippen molar-refractivity contribution in [3.8, 4) is 5.69 Å². The molecule has 0 radical (unpaired) electrons. The average molecular weight is 496 g/mol. The van der Waals surface area contributed by atoms with Crippen molar-refractivity contribution < 1.29 is 4.79 Å². The minimum Gasteiger partial charge on any atom is -0.318 e. The van der Waals surface area contributed by atoms with Crippen LogP contribution in [0.5, 0.6) is 0 Å². The highest BCUT2D eigenvalue weighted by molar-refractivity contribution is 8.27. The quantitative estimate of drug-likeness (QED) is 0.404. The van der Waals surface area contributed by atoms with Gasteiger partial charge in [0, 0.05) is 23.0 Å². The Balaban J connectivity index is 1.38. The molecule has 7 heteroatoms. The van der Waals surface area contributed by atoms with Crippen LogP contribution in [0.25, 0.3) is 22.0 Å². The number of carbonyl (C=O) groups is 1. The van der Waals surface area contributed by atoms with Gasteiger partial charge in [0.05, 0.1) is 5.57 Å². The van der Waals surface area contributed by atoms with Crippen LogP contribution in [0.3, 0.4) is 0 Å². The number of carbonyl (C=O) groups excluding carboxylic acids is 1. The highest BCUT2D eigenvalue weighted by atomic mass is 32.2. The Morgan fingerprint density at radius 3 is 2.56 bits per heavy atom. The maximum absolute atomic E-state index is 13.2. The molecule has 6 nitrogen and oxygen atoms in total. The summed E-state index contributed by atoms with van der Waals surface area (Å²) in [4.78, 5) is 17.5. The molecule has 0 unspecified atom stereocenters. The largest absolute Gasteiger partial charge is 0.318 e. The lowest BCUT2D eigenvalue weighted by Gasteiger charge is -2.22. The summed E-state index contributed by atoms with van der Waals surface area (Å²) in [6.07, 6.45) is 5.94. The Kier molecular flexibility index (Phi) is 5.67. The van der Waals surface area contributed by atoms with Crippen LogP contribution in [0.15, 0.2) is 64.2 Å². The Morgan fingerprint density at radius 2 is 1.78 bits per heavy atom. The molecule has 3 aromatic rings. The molecule has 182 valence electrons. The van der Waals surface area contributed by atoms with E-state index in [-0.39, 0.29) is 11.7 Å². The third-order valence-electron chi connectivity index (χ3n) is 7.59. The second-order valence-corrected chi connectivity index (χ2v) is 10.9. The van der Waals surface area contributed by atoms with Gasteiger partial charge >= 0.3 is 0 Å². The first-order valence-electron chi connectivity index (χ1n) is 12.6. The first kappa shape index (κ1) is 23.0. The predicted octanol–water partition coefficient (Wildman–Crippen LogP) is 6.84. The summed E-state index contributed by atoms with van der Waals surface area (Å²) >= 11 is 1.46. The van der Waals surface area contributed by atoms with Crippen molar-refractivity contribution >= 4 is 50.1 Å². The van der Waals surface area contributed by atoms with Crippen molar-refractivity contribution in [2.75, 3.05) is 0 Å². The number of nitrogens with zero attached hydrogens (tertiary/aromatic N) is 4. The molecule has 1 N–H and O–H groups in total. The molecule has 1 saturated carbocycles. The molecule has 6 rings (SSSR count). The topological polar surface area (TPSA) is 73.8 Å². The van der Waals surface area contributed by atoms with Crippen molar-refractivity contribution in [2.24, 2.45) is 16.0 Å². The molecule has 0 spiro atoms. The fourth-order valence-corrected chi connectivity index (χ4v) is 6.77. The number of amides is 1. The molecule has 0 bridgehead atoms. The van der Waals surface area contributed by atoms with Gasteiger partial charge < -0.3 is 4.57 Å². The van der Waals surface area contributed by atoms with E-state index in [4.69, 9.17) is 10.5 Å². The zero-order valence-electron chi connectivity index (χ0n) is 20.8. The standard InChI is InChI=1S/C29H29N5OS/c1-17-15-24(19(3)33(17)23-14-13-20-9-7-8-12-22(20)16-23)18(2)25-26(30)34-29(31-27(25)35)36-28(32-34)21-10-5-4-6-11-21/h7-9,12-16,21,30H,4-6,10-11H2,1-3H3/b25-18+,30-26?. The molecule has 1 aromatic heterocycles. The van der Waals surface area contributed by atoms with E-state index in [9.17, 15) is 4.79 Å². The van der Waals surface area contributed by atoms with Crippen LogP contribution in [0.1, 0.15) is 56.0 Å². The average Bonchev–Trinajstić information content (AvgIpc) is 3.44. The van der Waals surface area contributed by atoms with Crippen LogP contribution < -0.4 is 0 Å². The van der Waals surface area contributed by atoms with Crippen molar-refractivity contribution in [3.63, 3.8) is 0 Å². The van der Waals surface area contributed by atoms with E-state index in [0.29, 0.717) is 16.7 Å². The second kappa shape index (κ2) is 8.89. The zero-order chi connectivity index (χ0) is 25.0. The number of benzene rings is 2. The lowest BCUT2D eigenvalue weighted by Crippen LogP contribution is -2.36. The van der Waals surface area contributed by atoms with Crippen LogP contribution >= 0.6 is 11.8 Å². The van der Waals surface area contributed by atoms with Crippen molar-refractivity contribution in [1.29, 1.82) is 5.41 Å². The van der Waals surface area contributed by atoms with Gasteiger partial charge in [0.15, 0.2) is 5.84 Å². The fraction of sp³-hybridized carbons (Fsp3) is 0.310. The number of fused-ring (bicyclic) bond motifs is 2. The first-order valence-corrected chi connectivity index (χ1v) is 13.4. The molecule has 3 heterocycles. The number of hydrogen-bond donors (Lipinski definition) is 1. The Labute approximate surface area is 215 Å². The molecule has 36 heavy (non-hydrogen) atoms. The summed E-state index contributed by atoms with van der Waals surface area (Å²) in [5.74, 6) is 0.178. The molecule has 1 aliphatic carbocycles. The number of hydrogen-bond acceptors (Lipinski definition) is 4. The number of aromatic nitrogens is 1. The van der Waals surface area contributed by atoms with Gasteiger partial charge in [0.2, 0.25) is 5.17 Å². The second-order valence-electron chi connectivity index (χ2n) is 9.89. The lowest BCUT2D eigenvalue weighted by atomic mass is 9.90. The molecule has 3 aliphatic rings. The van der Waals surface area contributed by atoms with Crippen LogP contribution in [0.4, 0.5) is 0 Å². The number of aliphatic imine (C=N–C) groups is 1. The Hall–Kier alpha value is -3.45. The number of hydrazone groups is 1. The van der Waals surface area contributed by atoms with Gasteiger partial charge in [-0.2, -0.15) is 15.1 Å². The fourth-order valence-electron chi connectivity index (χ4n) is 5.71. The summed E-state index contributed by atoms with van der Waals surface area (Å²) in [5, 5.41) is 19.1. The van der Waals surface area contributed by atoms with Crippen LogP contribution in [0.2, 0.25) is 0 Å². The molecular formula is C29H29N5OS. The monoisotopic (exact) mass is 495 g/mol. The van der Waals surface area contributed by atoms with Gasteiger partial charge in [0.25, 0.3) is 5.91 Å². The third-order valence-corrected chi connectivity index (χ3v) is 8.66. The van der Waals surface area contributed by atoms with Crippen LogP contribution in [0, 0.1) is 25.2 Å². The van der Waals surface area contributed by atoms with Gasteiger partial charge in [-0.05, 0) is 85.5 Å². The van der Waals surface area contributed by atoms with E-state index in [0.717, 1.165) is 46.1 Å². The van der Waals surface area contributed by atoms with E-state index in [1.54, 1.807) is 5.01 Å². The number of nitrogens with one attached hydrogen (secondary N) is 1. The van der Waals surface area contributed by atoms with Gasteiger partial charge in [-0.3, -0.25) is 10.2 Å². The van der Waals surface area contributed by atoms with E-state index in [1.807, 2.05) is 13.0 Å². The van der Waals surface area contributed by atoms with Crippen LogP contribution in [-0.4, -0.2) is 31.5 Å². The predicted molar refractivity (Wildman–Crippen MR) is 149 cm³/mol. The highest BCUT2D eigenvalue weighted by Gasteiger charge is 2.39. The van der Waals surface area contributed by atoms with Crippen molar-refractivity contribution in [1.82, 2.24) is 9.58 Å². The zero-order valence-corrected chi connectivity index (χ0v) is 21.7. The third kappa shape index (κ3) is 3.73. The molecule has 1 amide bonds. The van der Waals surface area contributed by atoms with Gasteiger partial charge in [0.1, 0.15) is 5.04 Å². The number of allylic oxidation sites excluding steroid dienone is 1. The first-order chi connectivity index (χ1) is 17.4. The molecular weight excluding hydrogens is 466 g/mol. The number of amidine groups is 2. The molecule has 1 fully saturated rings. The minimum atomic E-state index is -0.355. The number of rotatable bonds is 3. The Morgan fingerprint density at radius 1 is 1.03 bits per heavy atom. The van der Waals surface area contributed by atoms with Crippen LogP contribution in [-0.2, 0) is 4.79 Å².